The van der Waals surface area contributed by atoms with E-state index in [-0.39, 0.29) is 17.9 Å². The van der Waals surface area contributed by atoms with Crippen LogP contribution in [-0.4, -0.2) is 54.3 Å². The molecule has 0 atom stereocenters. The minimum absolute atomic E-state index is 0.0343. The number of amides is 2. The first-order valence-electron chi connectivity index (χ1n) is 7.88. The minimum atomic E-state index is -0.870. The molecule has 1 aromatic rings. The van der Waals surface area contributed by atoms with E-state index in [1.54, 1.807) is 0 Å². The number of piperidine rings is 1. The molecule has 7 nitrogen and oxygen atoms in total. The number of benzene rings is 1. The van der Waals surface area contributed by atoms with Crippen molar-refractivity contribution in [3.05, 3.63) is 24.3 Å². The molecule has 7 heteroatoms. The third kappa shape index (κ3) is 3.92. The second kappa shape index (κ2) is 6.87. The van der Waals surface area contributed by atoms with Crippen LogP contribution in [-0.2, 0) is 4.79 Å². The summed E-state index contributed by atoms with van der Waals surface area (Å²) in [7, 11) is 0. The molecule has 2 amide bonds. The number of carboxylic acid groups (broad SMARTS) is 1. The molecule has 0 spiro atoms. The Morgan fingerprint density at radius 3 is 2.35 bits per heavy atom. The Balaban J connectivity index is 1.48. The molecule has 1 aromatic carbocycles. The fraction of sp³-hybridized carbons (Fsp3) is 0.500. The maximum atomic E-state index is 11.8. The average Bonchev–Trinajstić information content (AvgIpc) is 2.48. The highest BCUT2D eigenvalue weighted by Crippen LogP contribution is 2.21. The summed E-state index contributed by atoms with van der Waals surface area (Å²) >= 11 is 0. The molecule has 2 saturated heterocycles. The lowest BCUT2D eigenvalue weighted by molar-refractivity contribution is -0.121. The van der Waals surface area contributed by atoms with Crippen molar-refractivity contribution < 1.29 is 19.4 Å². The Hall–Kier alpha value is -2.28. The lowest BCUT2D eigenvalue weighted by atomic mass is 10.0. The lowest BCUT2D eigenvalue weighted by Gasteiger charge is -2.30. The third-order valence-corrected chi connectivity index (χ3v) is 4.29. The summed E-state index contributed by atoms with van der Waals surface area (Å²) in [4.78, 5) is 24.1. The molecule has 2 aliphatic rings. The molecule has 3 N–H and O–H groups in total. The van der Waals surface area contributed by atoms with E-state index in [2.05, 4.69) is 10.6 Å². The number of anilines is 1. The van der Waals surface area contributed by atoms with E-state index in [4.69, 9.17) is 9.84 Å². The van der Waals surface area contributed by atoms with Crippen molar-refractivity contribution in [2.75, 3.05) is 31.5 Å². The molecular weight excluding hydrogens is 298 g/mol. The summed E-state index contributed by atoms with van der Waals surface area (Å²) in [5.74, 6) is 0.839. The Morgan fingerprint density at radius 2 is 1.83 bits per heavy atom. The number of carbonyl (C=O) groups is 2. The monoisotopic (exact) mass is 319 g/mol. The van der Waals surface area contributed by atoms with Crippen LogP contribution < -0.4 is 15.4 Å². The number of hydrogen-bond acceptors (Lipinski definition) is 4. The fourth-order valence-corrected chi connectivity index (χ4v) is 2.69. The Kier molecular flexibility index (Phi) is 4.66. The molecule has 2 heterocycles. The van der Waals surface area contributed by atoms with Gasteiger partial charge in [-0.2, -0.15) is 0 Å². The van der Waals surface area contributed by atoms with Crippen molar-refractivity contribution in [3.8, 4) is 5.75 Å². The van der Waals surface area contributed by atoms with Crippen molar-refractivity contribution in [3.63, 3.8) is 0 Å². The van der Waals surface area contributed by atoms with Crippen LogP contribution in [0.25, 0.3) is 0 Å². The number of nitrogens with one attached hydrogen (secondary N) is 2. The van der Waals surface area contributed by atoms with Crippen LogP contribution >= 0.6 is 0 Å². The third-order valence-electron chi connectivity index (χ3n) is 4.29. The zero-order valence-corrected chi connectivity index (χ0v) is 12.8. The van der Waals surface area contributed by atoms with Gasteiger partial charge < -0.3 is 25.4 Å². The molecule has 0 saturated carbocycles. The van der Waals surface area contributed by atoms with Gasteiger partial charge in [-0.05, 0) is 24.3 Å². The van der Waals surface area contributed by atoms with E-state index in [0.717, 1.165) is 24.5 Å². The molecule has 0 aromatic heterocycles. The number of likely N-dealkylation sites (tertiary alicyclic amines) is 1. The normalized spacial score (nSPS) is 19.0. The van der Waals surface area contributed by atoms with Gasteiger partial charge in [0.25, 0.3) is 0 Å². The van der Waals surface area contributed by atoms with Gasteiger partial charge in [-0.15, -0.1) is 0 Å². The SMILES string of the molecule is O=C(Nc1ccc(OC2CCN(C(=O)O)CC2)cc1)C1CNC1. The van der Waals surface area contributed by atoms with Crippen molar-refractivity contribution in [2.45, 2.75) is 18.9 Å². The van der Waals surface area contributed by atoms with Crippen LogP contribution in [0.3, 0.4) is 0 Å². The summed E-state index contributed by atoms with van der Waals surface area (Å²) in [6.45, 7) is 2.48. The van der Waals surface area contributed by atoms with Gasteiger partial charge in [0.2, 0.25) is 5.91 Å². The van der Waals surface area contributed by atoms with Crippen LogP contribution in [0.4, 0.5) is 10.5 Å². The van der Waals surface area contributed by atoms with Crippen molar-refractivity contribution in [1.82, 2.24) is 10.2 Å². The first-order valence-corrected chi connectivity index (χ1v) is 7.88. The molecular formula is C16H21N3O4. The van der Waals surface area contributed by atoms with E-state index < -0.39 is 6.09 Å². The predicted molar refractivity (Wildman–Crippen MR) is 84.7 cm³/mol. The summed E-state index contributed by atoms with van der Waals surface area (Å²) in [5.41, 5.74) is 0.759. The number of carbonyl (C=O) groups excluding carboxylic acids is 1. The maximum Gasteiger partial charge on any atom is 0.407 e. The highest BCUT2D eigenvalue weighted by atomic mass is 16.5. The van der Waals surface area contributed by atoms with Gasteiger partial charge in [0.05, 0.1) is 5.92 Å². The second-order valence-corrected chi connectivity index (χ2v) is 5.96. The van der Waals surface area contributed by atoms with Gasteiger partial charge in [-0.1, -0.05) is 0 Å². The lowest BCUT2D eigenvalue weighted by Crippen LogP contribution is -2.48. The molecule has 2 fully saturated rings. The summed E-state index contributed by atoms with van der Waals surface area (Å²) in [5, 5.41) is 14.9. The zero-order valence-electron chi connectivity index (χ0n) is 12.8. The van der Waals surface area contributed by atoms with E-state index in [0.29, 0.717) is 25.9 Å². The van der Waals surface area contributed by atoms with Crippen molar-refractivity contribution >= 4 is 17.7 Å². The molecule has 3 rings (SSSR count). The van der Waals surface area contributed by atoms with Crippen LogP contribution in [0.2, 0.25) is 0 Å². The number of nitrogens with zero attached hydrogens (tertiary/aromatic N) is 1. The minimum Gasteiger partial charge on any atom is -0.490 e. The topological polar surface area (TPSA) is 90.9 Å². The van der Waals surface area contributed by atoms with Crippen LogP contribution in [0, 0.1) is 5.92 Å². The smallest absolute Gasteiger partial charge is 0.407 e. The number of rotatable bonds is 4. The Labute approximate surface area is 134 Å². The molecule has 23 heavy (non-hydrogen) atoms. The van der Waals surface area contributed by atoms with Gasteiger partial charge in [0.1, 0.15) is 11.9 Å². The Bertz CT molecular complexity index is 563. The van der Waals surface area contributed by atoms with Gasteiger partial charge in [-0.3, -0.25) is 4.79 Å². The molecule has 124 valence electrons. The zero-order chi connectivity index (χ0) is 16.2. The average molecular weight is 319 g/mol. The molecule has 0 bridgehead atoms. The predicted octanol–water partition coefficient (Wildman–Crippen LogP) is 1.37. The van der Waals surface area contributed by atoms with Crippen LogP contribution in [0.1, 0.15) is 12.8 Å². The van der Waals surface area contributed by atoms with Gasteiger partial charge >= 0.3 is 6.09 Å². The second-order valence-electron chi connectivity index (χ2n) is 5.96. The quantitative estimate of drug-likeness (QED) is 0.779. The maximum absolute atomic E-state index is 11.8. The van der Waals surface area contributed by atoms with E-state index in [1.807, 2.05) is 24.3 Å². The summed E-state index contributed by atoms with van der Waals surface area (Å²) in [6, 6.07) is 7.31. The van der Waals surface area contributed by atoms with Gasteiger partial charge in [0.15, 0.2) is 0 Å². The van der Waals surface area contributed by atoms with Crippen LogP contribution in [0.5, 0.6) is 5.75 Å². The number of ether oxygens (including phenoxy) is 1. The van der Waals surface area contributed by atoms with E-state index in [9.17, 15) is 9.59 Å². The van der Waals surface area contributed by atoms with E-state index >= 15 is 0 Å². The molecule has 0 aliphatic carbocycles. The summed E-state index contributed by atoms with van der Waals surface area (Å²) in [6.07, 6.45) is 0.552. The van der Waals surface area contributed by atoms with E-state index in [1.165, 1.54) is 4.90 Å². The number of hydrogen-bond donors (Lipinski definition) is 3. The van der Waals surface area contributed by atoms with Crippen LogP contribution in [0.15, 0.2) is 24.3 Å². The molecule has 0 unspecified atom stereocenters. The van der Waals surface area contributed by atoms with Gasteiger partial charge in [0, 0.05) is 44.7 Å². The fourth-order valence-electron chi connectivity index (χ4n) is 2.69. The summed E-state index contributed by atoms with van der Waals surface area (Å²) < 4.78 is 5.88. The van der Waals surface area contributed by atoms with Crippen molar-refractivity contribution in [2.24, 2.45) is 5.92 Å². The van der Waals surface area contributed by atoms with Gasteiger partial charge in [-0.25, -0.2) is 4.79 Å². The standard InChI is InChI=1S/C16H21N3O4/c20-15(11-9-17-10-11)18-12-1-3-13(4-2-12)23-14-5-7-19(8-6-14)16(21)22/h1-4,11,14,17H,5-10H2,(H,18,20)(H,21,22). The highest BCUT2D eigenvalue weighted by molar-refractivity contribution is 5.93. The first-order chi connectivity index (χ1) is 11.1. The largest absolute Gasteiger partial charge is 0.490 e. The highest BCUT2D eigenvalue weighted by Gasteiger charge is 2.25. The van der Waals surface area contributed by atoms with Crippen molar-refractivity contribution in [1.29, 1.82) is 0 Å². The molecule has 0 radical (unpaired) electrons. The molecule has 2 aliphatic heterocycles. The Morgan fingerprint density at radius 1 is 1.17 bits per heavy atom. The first kappa shape index (κ1) is 15.6.